The van der Waals surface area contributed by atoms with Gasteiger partial charge in [-0.2, -0.15) is 10.2 Å². The lowest BCUT2D eigenvalue weighted by Crippen LogP contribution is -2.41. The van der Waals surface area contributed by atoms with Crippen LogP contribution in [-0.4, -0.2) is 50.3 Å². The van der Waals surface area contributed by atoms with Crippen LogP contribution in [0.1, 0.15) is 35.4 Å². The number of nitriles is 1. The number of aromatic nitrogens is 2. The summed E-state index contributed by atoms with van der Waals surface area (Å²) in [6.45, 7) is 1.47. The molecule has 3 heterocycles. The van der Waals surface area contributed by atoms with Crippen LogP contribution in [0.3, 0.4) is 0 Å². The molecule has 0 spiro atoms. The Hall–Kier alpha value is -4.52. The monoisotopic (exact) mass is 529 g/mol. The van der Waals surface area contributed by atoms with Gasteiger partial charge in [-0.3, -0.25) is 14.6 Å². The normalized spacial score (nSPS) is 19.0. The Kier molecular flexibility index (Phi) is 7.41. The fraction of sp³-hybridized carbons (Fsp3) is 0.379. The van der Waals surface area contributed by atoms with Crippen molar-refractivity contribution in [1.82, 2.24) is 9.97 Å². The summed E-state index contributed by atoms with van der Waals surface area (Å²) < 4.78 is 16.5. The molecular weight excluding hydrogens is 498 g/mol. The Bertz CT molecular complexity index is 1460. The molecule has 2 aliphatic heterocycles. The molecule has 5 rings (SSSR count). The van der Waals surface area contributed by atoms with Gasteiger partial charge in [0.2, 0.25) is 17.6 Å². The molecule has 0 bridgehead atoms. The Morgan fingerprint density at radius 3 is 2.36 bits per heavy atom. The third-order valence-corrected chi connectivity index (χ3v) is 7.60. The van der Waals surface area contributed by atoms with Gasteiger partial charge in [-0.25, -0.2) is 0 Å². The maximum absolute atomic E-state index is 13.6. The van der Waals surface area contributed by atoms with Gasteiger partial charge < -0.3 is 24.4 Å². The highest BCUT2D eigenvalue weighted by Gasteiger charge is 2.42. The van der Waals surface area contributed by atoms with Crippen LogP contribution in [0.2, 0.25) is 0 Å². The number of hydrogen-bond donors (Lipinski definition) is 2. The van der Waals surface area contributed by atoms with Crippen molar-refractivity contribution < 1.29 is 19.0 Å². The molecular formula is C29H31N5O5. The van der Waals surface area contributed by atoms with Gasteiger partial charge in [-0.05, 0) is 36.8 Å². The van der Waals surface area contributed by atoms with Crippen LogP contribution in [0.15, 0.2) is 47.3 Å². The lowest BCUT2D eigenvalue weighted by molar-refractivity contribution is -0.119. The number of carbonyl (C=O) groups is 1. The van der Waals surface area contributed by atoms with Crippen molar-refractivity contribution in [2.45, 2.75) is 25.2 Å². The van der Waals surface area contributed by atoms with Crippen LogP contribution in [0.25, 0.3) is 0 Å². The Labute approximate surface area is 226 Å². The van der Waals surface area contributed by atoms with Crippen LogP contribution < -0.4 is 30.0 Å². The second kappa shape index (κ2) is 11.1. The number of benzene rings is 2. The molecule has 1 saturated heterocycles. The number of methoxy groups -OCH3 is 3. The van der Waals surface area contributed by atoms with E-state index in [1.54, 1.807) is 12.1 Å². The summed E-state index contributed by atoms with van der Waals surface area (Å²) in [7, 11) is 4.43. The number of fused-ring (bicyclic) bond motifs is 1. The van der Waals surface area contributed by atoms with Gasteiger partial charge in [0.15, 0.2) is 11.5 Å². The minimum absolute atomic E-state index is 0.151. The van der Waals surface area contributed by atoms with E-state index < -0.39 is 23.3 Å². The minimum Gasteiger partial charge on any atom is -0.493 e. The van der Waals surface area contributed by atoms with E-state index in [2.05, 4.69) is 45.6 Å². The van der Waals surface area contributed by atoms with E-state index >= 15 is 0 Å². The van der Waals surface area contributed by atoms with Crippen molar-refractivity contribution >= 4 is 17.7 Å². The number of nitrogens with zero attached hydrogens (tertiary/aromatic N) is 3. The first-order valence-corrected chi connectivity index (χ1v) is 12.9. The maximum Gasteiger partial charge on any atom is 0.258 e. The van der Waals surface area contributed by atoms with E-state index in [1.165, 1.54) is 26.9 Å². The molecule has 2 aliphatic rings. The third kappa shape index (κ3) is 4.88. The van der Waals surface area contributed by atoms with Crippen molar-refractivity contribution in [1.29, 1.82) is 5.26 Å². The number of anilines is 2. The number of carbonyl (C=O) groups excluding carboxylic acids is 1. The third-order valence-electron chi connectivity index (χ3n) is 7.60. The molecule has 2 unspecified atom stereocenters. The molecule has 0 aliphatic carbocycles. The Morgan fingerprint density at radius 1 is 1.00 bits per heavy atom. The molecule has 2 aromatic carbocycles. The van der Waals surface area contributed by atoms with Gasteiger partial charge in [-0.1, -0.05) is 36.4 Å². The van der Waals surface area contributed by atoms with Gasteiger partial charge in [0.1, 0.15) is 11.7 Å². The second-order valence-electron chi connectivity index (χ2n) is 9.77. The van der Waals surface area contributed by atoms with Crippen LogP contribution in [0, 0.1) is 23.2 Å². The molecule has 10 nitrogen and oxygen atoms in total. The zero-order valence-corrected chi connectivity index (χ0v) is 22.2. The first-order chi connectivity index (χ1) is 19.0. The average molecular weight is 530 g/mol. The van der Waals surface area contributed by atoms with E-state index in [1.807, 2.05) is 11.0 Å². The summed E-state index contributed by atoms with van der Waals surface area (Å²) in [4.78, 5) is 36.3. The maximum atomic E-state index is 13.6. The highest BCUT2D eigenvalue weighted by molar-refractivity contribution is 5.98. The zero-order valence-electron chi connectivity index (χ0n) is 22.2. The quantitative estimate of drug-likeness (QED) is 0.476. The van der Waals surface area contributed by atoms with Gasteiger partial charge >= 0.3 is 0 Å². The Morgan fingerprint density at radius 2 is 1.72 bits per heavy atom. The molecule has 2 atom stereocenters. The number of ether oxygens (including phenoxy) is 3. The van der Waals surface area contributed by atoms with E-state index in [0.29, 0.717) is 28.9 Å². The van der Waals surface area contributed by atoms with Crippen LogP contribution in [0.4, 0.5) is 11.8 Å². The van der Waals surface area contributed by atoms with E-state index in [9.17, 15) is 14.9 Å². The largest absolute Gasteiger partial charge is 0.493 e. The van der Waals surface area contributed by atoms with E-state index in [-0.39, 0.29) is 17.1 Å². The molecule has 1 fully saturated rings. The molecule has 3 aromatic rings. The van der Waals surface area contributed by atoms with E-state index in [0.717, 1.165) is 32.4 Å². The standard InChI is InChI=1S/C29H31N5O5/c1-37-21-10-9-19(24(38-2)25(21)39-3)22-20(16-30)27(35)31-26-23(22)28(36)33-29(32-26)34-13-11-18(12-14-34)15-17-7-5-4-6-8-17/h4-10,18,20,22H,11-15H2,1-3H3,(H2,31,32,33,35,36). The van der Waals surface area contributed by atoms with Crippen molar-refractivity contribution in [2.75, 3.05) is 44.6 Å². The zero-order chi connectivity index (χ0) is 27.5. The van der Waals surface area contributed by atoms with Gasteiger partial charge in [-0.15, -0.1) is 0 Å². The molecule has 1 aromatic heterocycles. The number of aromatic amines is 1. The summed E-state index contributed by atoms with van der Waals surface area (Å²) in [5.41, 5.74) is 1.57. The fourth-order valence-corrected chi connectivity index (χ4v) is 5.65. The number of amides is 1. The first kappa shape index (κ1) is 26.1. The minimum atomic E-state index is -1.17. The smallest absolute Gasteiger partial charge is 0.258 e. The fourth-order valence-electron chi connectivity index (χ4n) is 5.65. The lowest BCUT2D eigenvalue weighted by atomic mass is 9.78. The molecule has 0 radical (unpaired) electrons. The predicted octanol–water partition coefficient (Wildman–Crippen LogP) is 3.48. The molecule has 39 heavy (non-hydrogen) atoms. The molecule has 1 amide bonds. The summed E-state index contributed by atoms with van der Waals surface area (Å²) >= 11 is 0. The van der Waals surface area contributed by atoms with Crippen LogP contribution in [-0.2, 0) is 11.2 Å². The van der Waals surface area contributed by atoms with E-state index in [4.69, 9.17) is 14.2 Å². The number of nitrogens with one attached hydrogen (secondary N) is 2. The number of hydrogen-bond acceptors (Lipinski definition) is 8. The van der Waals surface area contributed by atoms with Gasteiger partial charge in [0, 0.05) is 24.6 Å². The number of piperidine rings is 1. The summed E-state index contributed by atoms with van der Waals surface area (Å²) in [6.07, 6.45) is 2.94. The topological polar surface area (TPSA) is 130 Å². The highest BCUT2D eigenvalue weighted by Crippen LogP contribution is 2.48. The highest BCUT2D eigenvalue weighted by atomic mass is 16.5. The molecule has 0 saturated carbocycles. The Balaban J connectivity index is 1.48. The lowest BCUT2D eigenvalue weighted by Gasteiger charge is -2.34. The van der Waals surface area contributed by atoms with Crippen molar-refractivity contribution in [3.05, 3.63) is 69.5 Å². The van der Waals surface area contributed by atoms with Gasteiger partial charge in [0.05, 0.1) is 33.0 Å². The SMILES string of the molecule is COc1ccc(C2c3c(nc(N4CCC(Cc5ccccc5)CC4)[nH]c3=O)NC(=O)C2C#N)c(OC)c1OC. The molecule has 2 N–H and O–H groups in total. The van der Waals surface area contributed by atoms with Crippen molar-refractivity contribution in [3.8, 4) is 23.3 Å². The van der Waals surface area contributed by atoms with Crippen molar-refractivity contribution in [2.24, 2.45) is 11.8 Å². The predicted molar refractivity (Wildman–Crippen MR) is 146 cm³/mol. The summed E-state index contributed by atoms with van der Waals surface area (Å²) in [5.74, 6) is -0.507. The van der Waals surface area contributed by atoms with Crippen LogP contribution in [0.5, 0.6) is 17.2 Å². The number of rotatable bonds is 7. The second-order valence-corrected chi connectivity index (χ2v) is 9.77. The molecule has 202 valence electrons. The van der Waals surface area contributed by atoms with Crippen molar-refractivity contribution in [3.63, 3.8) is 0 Å². The molecule has 10 heteroatoms. The van der Waals surface area contributed by atoms with Crippen LogP contribution >= 0.6 is 0 Å². The van der Waals surface area contributed by atoms with Gasteiger partial charge in [0.25, 0.3) is 5.56 Å². The summed E-state index contributed by atoms with van der Waals surface area (Å²) in [6, 6.07) is 15.8. The number of H-pyrrole nitrogens is 1. The first-order valence-electron chi connectivity index (χ1n) is 12.9. The summed E-state index contributed by atoms with van der Waals surface area (Å²) in [5, 5.41) is 12.6. The average Bonchev–Trinajstić information content (AvgIpc) is 2.96.